The predicted octanol–water partition coefficient (Wildman–Crippen LogP) is 5.63. The maximum atomic E-state index is 13.3. The van der Waals surface area contributed by atoms with Crippen LogP contribution in [0.5, 0.6) is 0 Å². The Bertz CT molecular complexity index is 982. The van der Waals surface area contributed by atoms with E-state index in [9.17, 15) is 31.1 Å². The van der Waals surface area contributed by atoms with Crippen molar-refractivity contribution >= 4 is 46.1 Å². The standard InChI is InChI=1S/C19H17F6IN4OS/c1-32-17-28-13(8-26)14-15(29-17)27-3-2-4-30(16(14)31)9-10-5-11(18(20,21)22)7-12(6-10)19(23,24)25/h5-7H,2-4,8-9H2,1H3,(H,27,28,29). The number of alkyl halides is 7. The van der Waals surface area contributed by atoms with Crippen LogP contribution in [0.25, 0.3) is 0 Å². The summed E-state index contributed by atoms with van der Waals surface area (Å²) in [4.78, 5) is 23.2. The molecule has 2 aromatic rings. The van der Waals surface area contributed by atoms with Crippen molar-refractivity contribution in [1.29, 1.82) is 0 Å². The van der Waals surface area contributed by atoms with Gasteiger partial charge in [0.25, 0.3) is 5.91 Å². The molecule has 3 rings (SSSR count). The second-order valence-electron chi connectivity index (χ2n) is 6.94. The monoisotopic (exact) mass is 590 g/mol. The SMILES string of the molecule is CSc1nc(CI)c2c(n1)NCCCN(Cc1cc(C(F)(F)F)cc(C(F)(F)F)c1)C2=O. The van der Waals surface area contributed by atoms with Gasteiger partial charge in [0.1, 0.15) is 11.4 Å². The van der Waals surface area contributed by atoms with Gasteiger partial charge in [-0.3, -0.25) is 4.79 Å². The van der Waals surface area contributed by atoms with Crippen LogP contribution < -0.4 is 5.32 Å². The minimum absolute atomic E-state index is 0.0734. The van der Waals surface area contributed by atoms with E-state index in [1.807, 2.05) is 22.6 Å². The Labute approximate surface area is 197 Å². The Balaban J connectivity index is 2.03. The van der Waals surface area contributed by atoms with E-state index >= 15 is 0 Å². The summed E-state index contributed by atoms with van der Waals surface area (Å²) >= 11 is 3.33. The van der Waals surface area contributed by atoms with Crippen molar-refractivity contribution in [3.63, 3.8) is 0 Å². The third kappa shape index (κ3) is 5.58. The molecule has 0 aliphatic carbocycles. The zero-order valence-corrected chi connectivity index (χ0v) is 19.5. The van der Waals surface area contributed by atoms with Crippen LogP contribution in [0.15, 0.2) is 23.4 Å². The molecule has 0 bridgehead atoms. The highest BCUT2D eigenvalue weighted by Gasteiger charge is 2.37. The Hall–Kier alpha value is -1.77. The number of amides is 1. The second-order valence-corrected chi connectivity index (χ2v) is 8.47. The molecule has 174 valence electrons. The van der Waals surface area contributed by atoms with Crippen molar-refractivity contribution in [3.8, 4) is 0 Å². The lowest BCUT2D eigenvalue weighted by molar-refractivity contribution is -0.143. The quantitative estimate of drug-likeness (QED) is 0.165. The van der Waals surface area contributed by atoms with Gasteiger partial charge in [0.2, 0.25) is 0 Å². The highest BCUT2D eigenvalue weighted by molar-refractivity contribution is 14.1. The Morgan fingerprint density at radius 2 is 1.72 bits per heavy atom. The lowest BCUT2D eigenvalue weighted by Crippen LogP contribution is -2.36. The van der Waals surface area contributed by atoms with E-state index in [-0.39, 0.29) is 23.7 Å². The van der Waals surface area contributed by atoms with Gasteiger partial charge in [0.05, 0.1) is 16.8 Å². The van der Waals surface area contributed by atoms with Crippen LogP contribution in [0.2, 0.25) is 0 Å². The summed E-state index contributed by atoms with van der Waals surface area (Å²) in [6, 6.07) is 1.37. The van der Waals surface area contributed by atoms with E-state index in [0.29, 0.717) is 46.2 Å². The average molecular weight is 590 g/mol. The summed E-state index contributed by atoms with van der Waals surface area (Å²) in [5.41, 5.74) is -2.45. The zero-order valence-electron chi connectivity index (χ0n) is 16.6. The molecule has 0 spiro atoms. The highest BCUT2D eigenvalue weighted by atomic mass is 127. The fraction of sp³-hybridized carbons (Fsp3) is 0.421. The van der Waals surface area contributed by atoms with E-state index in [2.05, 4.69) is 15.3 Å². The molecule has 5 nitrogen and oxygen atoms in total. The second kappa shape index (κ2) is 9.61. The molecule has 0 saturated heterocycles. The number of hydrogen-bond acceptors (Lipinski definition) is 5. The van der Waals surface area contributed by atoms with E-state index in [1.54, 1.807) is 6.26 Å². The van der Waals surface area contributed by atoms with Gasteiger partial charge in [0.15, 0.2) is 5.16 Å². The van der Waals surface area contributed by atoms with Gasteiger partial charge in [0, 0.05) is 24.1 Å². The fourth-order valence-corrected chi connectivity index (χ4v) is 4.18. The third-order valence-electron chi connectivity index (χ3n) is 4.69. The first-order valence-electron chi connectivity index (χ1n) is 9.26. The molecule has 0 atom stereocenters. The van der Waals surface area contributed by atoms with Crippen LogP contribution in [-0.2, 0) is 23.3 Å². The van der Waals surface area contributed by atoms with Crippen molar-refractivity contribution in [1.82, 2.24) is 14.9 Å². The maximum Gasteiger partial charge on any atom is 0.416 e. The fourth-order valence-electron chi connectivity index (χ4n) is 3.24. The number of carbonyl (C=O) groups excluding carboxylic acids is 1. The number of benzene rings is 1. The third-order valence-corrected chi connectivity index (χ3v) is 5.96. The summed E-state index contributed by atoms with van der Waals surface area (Å²) in [6.45, 7) is 0.169. The molecule has 0 saturated carbocycles. The summed E-state index contributed by atoms with van der Waals surface area (Å²) in [5.74, 6) is -0.233. The molecule has 1 amide bonds. The van der Waals surface area contributed by atoms with Crippen LogP contribution in [0, 0.1) is 0 Å². The van der Waals surface area contributed by atoms with Gasteiger partial charge in [-0.05, 0) is 36.4 Å². The number of halogens is 7. The Kier molecular flexibility index (Phi) is 7.47. The molecule has 1 N–H and O–H groups in total. The summed E-state index contributed by atoms with van der Waals surface area (Å²) in [5, 5.41) is 3.53. The van der Waals surface area contributed by atoms with Crippen LogP contribution in [-0.4, -0.2) is 40.1 Å². The number of fused-ring (bicyclic) bond motifs is 1. The number of aromatic nitrogens is 2. The van der Waals surface area contributed by atoms with Crippen molar-refractivity contribution in [2.45, 2.75) is 34.9 Å². The van der Waals surface area contributed by atoms with Gasteiger partial charge in [-0.15, -0.1) is 0 Å². The summed E-state index contributed by atoms with van der Waals surface area (Å²) in [6.07, 6.45) is -7.69. The van der Waals surface area contributed by atoms with Gasteiger partial charge >= 0.3 is 12.4 Å². The van der Waals surface area contributed by atoms with Crippen LogP contribution in [0.1, 0.15) is 39.2 Å². The molecule has 0 fully saturated rings. The number of hydrogen-bond donors (Lipinski definition) is 1. The Morgan fingerprint density at radius 1 is 1.09 bits per heavy atom. The van der Waals surface area contributed by atoms with Gasteiger partial charge in [-0.2, -0.15) is 26.3 Å². The molecule has 1 aromatic heterocycles. The molecule has 13 heteroatoms. The number of anilines is 1. The number of rotatable bonds is 4. The maximum absolute atomic E-state index is 13.3. The smallest absolute Gasteiger partial charge is 0.369 e. The van der Waals surface area contributed by atoms with Gasteiger partial charge in [-0.25, -0.2) is 9.97 Å². The molecule has 0 radical (unpaired) electrons. The molecule has 32 heavy (non-hydrogen) atoms. The number of nitrogens with one attached hydrogen (secondary N) is 1. The summed E-state index contributed by atoms with van der Waals surface area (Å²) < 4.78 is 79.6. The molecule has 1 aliphatic rings. The molecular weight excluding hydrogens is 573 g/mol. The first-order chi connectivity index (χ1) is 14.9. The topological polar surface area (TPSA) is 58.1 Å². The van der Waals surface area contributed by atoms with E-state index < -0.39 is 35.9 Å². The molecule has 1 aliphatic heterocycles. The number of thioether (sulfide) groups is 1. The largest absolute Gasteiger partial charge is 0.416 e. The van der Waals surface area contributed by atoms with Crippen LogP contribution >= 0.6 is 34.4 Å². The highest BCUT2D eigenvalue weighted by Crippen LogP contribution is 2.37. The van der Waals surface area contributed by atoms with Gasteiger partial charge in [-0.1, -0.05) is 34.4 Å². The minimum Gasteiger partial charge on any atom is -0.369 e. The lowest BCUT2D eigenvalue weighted by atomic mass is 10.0. The zero-order chi connectivity index (χ0) is 23.7. The van der Waals surface area contributed by atoms with E-state index in [0.717, 1.165) is 0 Å². The van der Waals surface area contributed by atoms with Gasteiger partial charge < -0.3 is 10.2 Å². The minimum atomic E-state index is -4.96. The number of nitrogens with zero attached hydrogens (tertiary/aromatic N) is 3. The van der Waals surface area contributed by atoms with Crippen molar-refractivity contribution in [3.05, 3.63) is 46.1 Å². The summed E-state index contributed by atoms with van der Waals surface area (Å²) in [7, 11) is 0. The van der Waals surface area contributed by atoms with Crippen LogP contribution in [0.4, 0.5) is 32.2 Å². The first kappa shape index (κ1) is 24.9. The van der Waals surface area contributed by atoms with E-state index in [1.165, 1.54) is 16.7 Å². The Morgan fingerprint density at radius 3 is 2.25 bits per heavy atom. The first-order valence-corrected chi connectivity index (χ1v) is 12.0. The van der Waals surface area contributed by atoms with Crippen LogP contribution in [0.3, 0.4) is 0 Å². The van der Waals surface area contributed by atoms with Crippen molar-refractivity contribution in [2.24, 2.45) is 0 Å². The molecule has 0 unspecified atom stereocenters. The molecule has 1 aromatic carbocycles. The average Bonchev–Trinajstić information content (AvgIpc) is 2.72. The van der Waals surface area contributed by atoms with Crippen molar-refractivity contribution < 1.29 is 31.1 Å². The number of carbonyl (C=O) groups is 1. The predicted molar refractivity (Wildman–Crippen MR) is 116 cm³/mol. The lowest BCUT2D eigenvalue weighted by Gasteiger charge is -2.28. The normalized spacial score (nSPS) is 15.1. The van der Waals surface area contributed by atoms with E-state index in [4.69, 9.17) is 0 Å². The molecule has 2 heterocycles. The molecular formula is C19H17F6IN4OS. The van der Waals surface area contributed by atoms with Crippen molar-refractivity contribution in [2.75, 3.05) is 24.7 Å².